The topological polar surface area (TPSA) is 64.7 Å². The first kappa shape index (κ1) is 13.1. The molecule has 0 saturated heterocycles. The first-order chi connectivity index (χ1) is 7.56. The first-order valence-corrected chi connectivity index (χ1v) is 5.22. The van der Waals surface area contributed by atoms with Crippen molar-refractivity contribution in [2.24, 2.45) is 5.73 Å². The van der Waals surface area contributed by atoms with E-state index in [1.165, 1.54) is 7.11 Å². The molecule has 0 aliphatic heterocycles. The van der Waals surface area contributed by atoms with Gasteiger partial charge in [-0.05, 0) is 18.6 Å². The van der Waals surface area contributed by atoms with Crippen LogP contribution in [0.1, 0.15) is 17.2 Å². The van der Waals surface area contributed by atoms with E-state index in [0.29, 0.717) is 22.1 Å². The van der Waals surface area contributed by atoms with Gasteiger partial charge in [-0.2, -0.15) is 0 Å². The molecule has 0 aliphatic rings. The molecule has 0 aromatic heterocycles. The molecule has 1 rings (SSSR count). The quantitative estimate of drug-likeness (QED) is 0.847. The van der Waals surface area contributed by atoms with Crippen LogP contribution in [0.5, 0.6) is 11.5 Å². The number of benzene rings is 1. The van der Waals surface area contributed by atoms with Crippen molar-refractivity contribution in [3.05, 3.63) is 22.2 Å². The highest BCUT2D eigenvalue weighted by Crippen LogP contribution is 2.40. The molecule has 0 fully saturated rings. The molecule has 0 amide bonds. The van der Waals surface area contributed by atoms with Crippen LogP contribution in [0.2, 0.25) is 5.02 Å². The van der Waals surface area contributed by atoms with Crippen molar-refractivity contribution < 1.29 is 14.6 Å². The summed E-state index contributed by atoms with van der Waals surface area (Å²) in [6, 6.07) is 1.19. The van der Waals surface area contributed by atoms with Gasteiger partial charge in [0.1, 0.15) is 0 Å². The lowest BCUT2D eigenvalue weighted by molar-refractivity contribution is 0.263. The molecule has 1 aromatic carbocycles. The molecule has 90 valence electrons. The third kappa shape index (κ3) is 2.24. The van der Waals surface area contributed by atoms with E-state index in [1.807, 2.05) is 6.92 Å². The molecule has 0 aliphatic carbocycles. The Balaban J connectivity index is 3.46. The molecule has 16 heavy (non-hydrogen) atoms. The summed E-state index contributed by atoms with van der Waals surface area (Å²) in [5.41, 5.74) is 7.20. The first-order valence-electron chi connectivity index (χ1n) is 4.84. The van der Waals surface area contributed by atoms with Crippen LogP contribution in [-0.4, -0.2) is 25.9 Å². The highest BCUT2D eigenvalue weighted by molar-refractivity contribution is 6.32. The van der Waals surface area contributed by atoms with Crippen LogP contribution in [0, 0.1) is 6.92 Å². The van der Waals surface area contributed by atoms with Gasteiger partial charge in [0.05, 0.1) is 31.9 Å². The Morgan fingerprint density at radius 2 is 2.06 bits per heavy atom. The maximum Gasteiger partial charge on any atom is 0.167 e. The Labute approximate surface area is 99.9 Å². The van der Waals surface area contributed by atoms with Crippen LogP contribution in [0.4, 0.5) is 0 Å². The number of aliphatic hydroxyl groups excluding tert-OH is 1. The van der Waals surface area contributed by atoms with Crippen molar-refractivity contribution in [1.29, 1.82) is 0 Å². The molecule has 5 heteroatoms. The predicted molar refractivity (Wildman–Crippen MR) is 63.3 cm³/mol. The summed E-state index contributed by atoms with van der Waals surface area (Å²) >= 11 is 6.15. The number of hydrogen-bond acceptors (Lipinski definition) is 4. The zero-order chi connectivity index (χ0) is 12.3. The summed E-state index contributed by atoms with van der Waals surface area (Å²) in [7, 11) is 3.05. The normalized spacial score (nSPS) is 12.4. The van der Waals surface area contributed by atoms with E-state index in [4.69, 9.17) is 31.9 Å². The van der Waals surface area contributed by atoms with Gasteiger partial charge in [0.2, 0.25) is 0 Å². The molecule has 0 saturated carbocycles. The van der Waals surface area contributed by atoms with Crippen LogP contribution >= 0.6 is 11.6 Å². The molecular weight excluding hydrogens is 230 g/mol. The van der Waals surface area contributed by atoms with Crippen LogP contribution < -0.4 is 15.2 Å². The number of ether oxygens (including phenoxy) is 2. The van der Waals surface area contributed by atoms with Gasteiger partial charge in [-0.1, -0.05) is 11.6 Å². The maximum absolute atomic E-state index is 9.11. The zero-order valence-electron chi connectivity index (χ0n) is 9.58. The van der Waals surface area contributed by atoms with Crippen LogP contribution in [-0.2, 0) is 0 Å². The third-order valence-corrected chi connectivity index (χ3v) is 2.89. The molecule has 0 spiro atoms. The van der Waals surface area contributed by atoms with E-state index in [-0.39, 0.29) is 6.61 Å². The number of nitrogens with two attached hydrogens (primary N) is 1. The van der Waals surface area contributed by atoms with E-state index in [1.54, 1.807) is 13.2 Å². The van der Waals surface area contributed by atoms with Gasteiger partial charge in [0.25, 0.3) is 0 Å². The summed E-state index contributed by atoms with van der Waals surface area (Å²) in [6.45, 7) is 1.64. The summed E-state index contributed by atoms with van der Waals surface area (Å²) < 4.78 is 10.4. The van der Waals surface area contributed by atoms with Crippen molar-refractivity contribution >= 4 is 11.6 Å². The Morgan fingerprint density at radius 1 is 1.44 bits per heavy atom. The van der Waals surface area contributed by atoms with Crippen molar-refractivity contribution in [2.45, 2.75) is 13.0 Å². The van der Waals surface area contributed by atoms with Crippen molar-refractivity contribution in [1.82, 2.24) is 0 Å². The highest BCUT2D eigenvalue weighted by Gasteiger charge is 2.21. The molecule has 0 bridgehead atoms. The van der Waals surface area contributed by atoms with Gasteiger partial charge >= 0.3 is 0 Å². The molecule has 4 nitrogen and oxygen atoms in total. The Bertz CT molecular complexity index is 382. The Morgan fingerprint density at radius 3 is 2.50 bits per heavy atom. The fourth-order valence-corrected chi connectivity index (χ4v) is 1.84. The minimum atomic E-state index is -0.587. The van der Waals surface area contributed by atoms with Crippen molar-refractivity contribution in [3.8, 4) is 11.5 Å². The maximum atomic E-state index is 9.11. The van der Waals surface area contributed by atoms with E-state index in [9.17, 15) is 0 Å². The molecular formula is C11H16ClNO3. The van der Waals surface area contributed by atoms with Gasteiger partial charge in [0, 0.05) is 5.56 Å². The fourth-order valence-electron chi connectivity index (χ4n) is 1.55. The number of aliphatic hydroxyl groups is 1. The molecule has 1 aromatic rings. The average molecular weight is 246 g/mol. The van der Waals surface area contributed by atoms with Gasteiger partial charge < -0.3 is 20.3 Å². The second-order valence-electron chi connectivity index (χ2n) is 3.45. The molecule has 1 atom stereocenters. The summed E-state index contributed by atoms with van der Waals surface area (Å²) in [5, 5.41) is 9.61. The van der Waals surface area contributed by atoms with E-state index in [0.717, 1.165) is 5.56 Å². The smallest absolute Gasteiger partial charge is 0.167 e. The lowest BCUT2D eigenvalue weighted by atomic mass is 10.0. The minimum absolute atomic E-state index is 0.206. The summed E-state index contributed by atoms with van der Waals surface area (Å²) in [5.74, 6) is 1.03. The van der Waals surface area contributed by atoms with Gasteiger partial charge in [-0.3, -0.25) is 0 Å². The summed E-state index contributed by atoms with van der Waals surface area (Å²) in [4.78, 5) is 0. The van der Waals surface area contributed by atoms with Gasteiger partial charge in [-0.15, -0.1) is 0 Å². The Kier molecular flexibility index (Phi) is 4.41. The number of methoxy groups -OCH3 is 2. The molecule has 0 heterocycles. The lowest BCUT2D eigenvalue weighted by Crippen LogP contribution is -2.17. The average Bonchev–Trinajstić information content (AvgIpc) is 2.30. The largest absolute Gasteiger partial charge is 0.493 e. The Hall–Kier alpha value is -0.970. The van der Waals surface area contributed by atoms with Crippen LogP contribution in [0.3, 0.4) is 0 Å². The monoisotopic (exact) mass is 245 g/mol. The highest BCUT2D eigenvalue weighted by atomic mass is 35.5. The third-order valence-electron chi connectivity index (χ3n) is 2.39. The van der Waals surface area contributed by atoms with E-state index in [2.05, 4.69) is 0 Å². The molecule has 1 unspecified atom stereocenters. The second kappa shape index (κ2) is 5.39. The number of hydrogen-bond donors (Lipinski definition) is 2. The van der Waals surface area contributed by atoms with Crippen molar-refractivity contribution in [3.63, 3.8) is 0 Å². The SMILES string of the molecule is COc1cc(C)c(Cl)c(C(N)CO)c1OC. The summed E-state index contributed by atoms with van der Waals surface area (Å²) in [6.07, 6.45) is 0. The van der Waals surface area contributed by atoms with Gasteiger partial charge in [-0.25, -0.2) is 0 Å². The molecule has 0 radical (unpaired) electrons. The zero-order valence-corrected chi connectivity index (χ0v) is 10.3. The standard InChI is InChI=1S/C11H16ClNO3/c1-6-4-8(15-2)11(16-3)9(10(6)12)7(13)5-14/h4,7,14H,5,13H2,1-3H3. The predicted octanol–water partition coefficient (Wildman–Crippen LogP) is 1.66. The number of rotatable bonds is 4. The minimum Gasteiger partial charge on any atom is -0.493 e. The number of halogens is 1. The lowest BCUT2D eigenvalue weighted by Gasteiger charge is -2.19. The number of aryl methyl sites for hydroxylation is 1. The molecule has 3 N–H and O–H groups in total. The van der Waals surface area contributed by atoms with E-state index < -0.39 is 6.04 Å². The fraction of sp³-hybridized carbons (Fsp3) is 0.455. The van der Waals surface area contributed by atoms with Crippen LogP contribution in [0.25, 0.3) is 0 Å². The van der Waals surface area contributed by atoms with Crippen LogP contribution in [0.15, 0.2) is 6.07 Å². The van der Waals surface area contributed by atoms with Crippen molar-refractivity contribution in [2.75, 3.05) is 20.8 Å². The van der Waals surface area contributed by atoms with Gasteiger partial charge in [0.15, 0.2) is 11.5 Å². The second-order valence-corrected chi connectivity index (χ2v) is 3.82. The van der Waals surface area contributed by atoms with E-state index >= 15 is 0 Å².